The minimum atomic E-state index is -0.0297. The number of thiophene rings is 1. The van der Waals surface area contributed by atoms with Crippen molar-refractivity contribution < 1.29 is 0 Å². The molecule has 0 atom stereocenters. The Labute approximate surface area is 127 Å². The Balaban J connectivity index is 2.20. The Morgan fingerprint density at radius 1 is 1.24 bits per heavy atom. The Bertz CT molecular complexity index is 861. The molecule has 0 amide bonds. The van der Waals surface area contributed by atoms with Crippen molar-refractivity contribution in [1.29, 1.82) is 0 Å². The van der Waals surface area contributed by atoms with Crippen LogP contribution in [-0.4, -0.2) is 9.97 Å². The third-order valence-electron chi connectivity index (χ3n) is 3.80. The predicted octanol–water partition coefficient (Wildman–Crippen LogP) is 4.22. The van der Waals surface area contributed by atoms with Crippen LogP contribution < -0.4 is 5.56 Å². The van der Waals surface area contributed by atoms with Crippen LogP contribution in [0.5, 0.6) is 0 Å². The molecular formula is C17H18N2OS. The highest BCUT2D eigenvalue weighted by molar-refractivity contribution is 7.17. The lowest BCUT2D eigenvalue weighted by molar-refractivity contribution is 0.838. The number of benzene rings is 1. The van der Waals surface area contributed by atoms with Gasteiger partial charge in [0.15, 0.2) is 0 Å². The highest BCUT2D eigenvalue weighted by atomic mass is 32.1. The quantitative estimate of drug-likeness (QED) is 0.787. The molecule has 1 N–H and O–H groups in total. The number of hydrogen-bond donors (Lipinski definition) is 1. The molecule has 2 heterocycles. The van der Waals surface area contributed by atoms with Crippen LogP contribution in [0.2, 0.25) is 0 Å². The van der Waals surface area contributed by atoms with E-state index in [1.807, 2.05) is 5.38 Å². The monoisotopic (exact) mass is 298 g/mol. The Morgan fingerprint density at radius 2 is 2.05 bits per heavy atom. The minimum absolute atomic E-state index is 0.0297. The lowest BCUT2D eigenvalue weighted by Crippen LogP contribution is -2.11. The summed E-state index contributed by atoms with van der Waals surface area (Å²) in [7, 11) is 0. The number of fused-ring (bicyclic) bond motifs is 1. The number of nitrogens with zero attached hydrogens (tertiary/aromatic N) is 1. The van der Waals surface area contributed by atoms with Crippen LogP contribution in [0.25, 0.3) is 21.3 Å². The first-order valence-electron chi connectivity index (χ1n) is 7.18. The Hall–Kier alpha value is -1.94. The summed E-state index contributed by atoms with van der Waals surface area (Å²) in [6, 6.07) is 6.31. The molecule has 0 saturated carbocycles. The van der Waals surface area contributed by atoms with Crippen LogP contribution in [0.1, 0.15) is 30.3 Å². The summed E-state index contributed by atoms with van der Waals surface area (Å²) in [5.74, 6) is 0.781. The molecule has 21 heavy (non-hydrogen) atoms. The van der Waals surface area contributed by atoms with E-state index in [1.165, 1.54) is 11.1 Å². The molecule has 0 bridgehead atoms. The molecule has 0 radical (unpaired) electrons. The molecule has 0 unspecified atom stereocenters. The summed E-state index contributed by atoms with van der Waals surface area (Å²) in [6.45, 7) is 6.27. The van der Waals surface area contributed by atoms with Gasteiger partial charge in [-0.1, -0.05) is 25.1 Å². The van der Waals surface area contributed by atoms with E-state index in [0.717, 1.165) is 34.6 Å². The van der Waals surface area contributed by atoms with E-state index >= 15 is 0 Å². The van der Waals surface area contributed by atoms with Gasteiger partial charge in [-0.05, 0) is 37.0 Å². The van der Waals surface area contributed by atoms with Crippen LogP contribution in [0.15, 0.2) is 28.4 Å². The van der Waals surface area contributed by atoms with Crippen molar-refractivity contribution in [1.82, 2.24) is 9.97 Å². The first-order valence-corrected chi connectivity index (χ1v) is 8.06. The van der Waals surface area contributed by atoms with Crippen molar-refractivity contribution in [3.05, 3.63) is 50.9 Å². The smallest absolute Gasteiger partial charge is 0.260 e. The van der Waals surface area contributed by atoms with Gasteiger partial charge in [0.1, 0.15) is 10.7 Å². The standard InChI is InChI=1S/C17H18N2OS/c1-4-5-14-18-16(20)15-13(9-21-17(15)19-14)12-7-6-10(2)11(3)8-12/h6-9H,4-5H2,1-3H3,(H,18,19,20). The summed E-state index contributed by atoms with van der Waals surface area (Å²) >= 11 is 1.54. The highest BCUT2D eigenvalue weighted by Gasteiger charge is 2.13. The lowest BCUT2D eigenvalue weighted by atomic mass is 10.0. The van der Waals surface area contributed by atoms with Gasteiger partial charge in [0.25, 0.3) is 5.56 Å². The van der Waals surface area contributed by atoms with Gasteiger partial charge >= 0.3 is 0 Å². The average Bonchev–Trinajstić information content (AvgIpc) is 2.87. The summed E-state index contributed by atoms with van der Waals surface area (Å²) in [6.07, 6.45) is 1.78. The van der Waals surface area contributed by atoms with Crippen molar-refractivity contribution in [3.8, 4) is 11.1 Å². The third-order valence-corrected chi connectivity index (χ3v) is 4.67. The van der Waals surface area contributed by atoms with Gasteiger partial charge < -0.3 is 4.98 Å². The Kier molecular flexibility index (Phi) is 3.64. The zero-order chi connectivity index (χ0) is 15.0. The van der Waals surface area contributed by atoms with Crippen LogP contribution in [0.4, 0.5) is 0 Å². The molecule has 0 aliphatic heterocycles. The van der Waals surface area contributed by atoms with Crippen molar-refractivity contribution in [3.63, 3.8) is 0 Å². The van der Waals surface area contributed by atoms with Gasteiger partial charge in [-0.3, -0.25) is 4.79 Å². The van der Waals surface area contributed by atoms with Crippen LogP contribution >= 0.6 is 11.3 Å². The van der Waals surface area contributed by atoms with E-state index in [4.69, 9.17) is 0 Å². The SMILES string of the molecule is CCCc1nc2scc(-c3ccc(C)c(C)c3)c2c(=O)[nH]1. The van der Waals surface area contributed by atoms with E-state index in [0.29, 0.717) is 5.39 Å². The maximum Gasteiger partial charge on any atom is 0.260 e. The maximum absolute atomic E-state index is 12.4. The molecule has 3 aromatic rings. The lowest BCUT2D eigenvalue weighted by Gasteiger charge is -2.04. The second kappa shape index (κ2) is 5.45. The van der Waals surface area contributed by atoms with Crippen molar-refractivity contribution in [2.75, 3.05) is 0 Å². The van der Waals surface area contributed by atoms with Crippen LogP contribution in [0, 0.1) is 13.8 Å². The number of aryl methyl sites for hydroxylation is 3. The first kappa shape index (κ1) is 14.0. The Morgan fingerprint density at radius 3 is 2.76 bits per heavy atom. The molecule has 1 aromatic carbocycles. The van der Waals surface area contributed by atoms with Gasteiger partial charge in [-0.2, -0.15) is 0 Å². The molecule has 0 aliphatic rings. The molecule has 3 nitrogen and oxygen atoms in total. The number of aromatic amines is 1. The summed E-state index contributed by atoms with van der Waals surface area (Å²) in [5, 5.41) is 2.75. The average molecular weight is 298 g/mol. The topological polar surface area (TPSA) is 45.8 Å². The van der Waals surface area contributed by atoms with Crippen LogP contribution in [0.3, 0.4) is 0 Å². The van der Waals surface area contributed by atoms with Gasteiger partial charge in [-0.15, -0.1) is 11.3 Å². The molecule has 0 fully saturated rings. The molecule has 0 saturated heterocycles. The molecular weight excluding hydrogens is 280 g/mol. The first-order chi connectivity index (χ1) is 10.1. The van der Waals surface area contributed by atoms with Crippen molar-refractivity contribution in [2.45, 2.75) is 33.6 Å². The normalized spacial score (nSPS) is 11.2. The maximum atomic E-state index is 12.4. The third kappa shape index (κ3) is 2.51. The van der Waals surface area contributed by atoms with E-state index in [9.17, 15) is 4.79 Å². The van der Waals surface area contributed by atoms with Gasteiger partial charge in [0.2, 0.25) is 0 Å². The number of rotatable bonds is 3. The zero-order valence-corrected chi connectivity index (χ0v) is 13.3. The van der Waals surface area contributed by atoms with E-state index in [-0.39, 0.29) is 5.56 Å². The van der Waals surface area contributed by atoms with Gasteiger partial charge in [0, 0.05) is 17.4 Å². The zero-order valence-electron chi connectivity index (χ0n) is 12.5. The summed E-state index contributed by atoms with van der Waals surface area (Å²) in [5.41, 5.74) is 4.53. The summed E-state index contributed by atoms with van der Waals surface area (Å²) in [4.78, 5) is 20.7. The fourth-order valence-electron chi connectivity index (χ4n) is 2.47. The van der Waals surface area contributed by atoms with Gasteiger partial charge in [-0.25, -0.2) is 4.98 Å². The van der Waals surface area contributed by atoms with E-state index < -0.39 is 0 Å². The predicted molar refractivity (Wildman–Crippen MR) is 89.1 cm³/mol. The molecule has 108 valence electrons. The fraction of sp³-hybridized carbons (Fsp3) is 0.294. The van der Waals surface area contributed by atoms with Gasteiger partial charge in [0.05, 0.1) is 5.39 Å². The van der Waals surface area contributed by atoms with E-state index in [2.05, 4.69) is 48.9 Å². The molecule has 0 spiro atoms. The highest BCUT2D eigenvalue weighted by Crippen LogP contribution is 2.31. The van der Waals surface area contributed by atoms with Crippen molar-refractivity contribution >= 4 is 21.6 Å². The van der Waals surface area contributed by atoms with E-state index in [1.54, 1.807) is 11.3 Å². The minimum Gasteiger partial charge on any atom is -0.310 e. The summed E-state index contributed by atoms with van der Waals surface area (Å²) < 4.78 is 0. The molecule has 3 rings (SSSR count). The van der Waals surface area contributed by atoms with Crippen molar-refractivity contribution in [2.24, 2.45) is 0 Å². The van der Waals surface area contributed by atoms with Crippen LogP contribution in [-0.2, 0) is 6.42 Å². The number of H-pyrrole nitrogens is 1. The fourth-order valence-corrected chi connectivity index (χ4v) is 3.44. The number of hydrogen-bond acceptors (Lipinski definition) is 3. The number of aromatic nitrogens is 2. The molecule has 2 aromatic heterocycles. The number of nitrogens with one attached hydrogen (secondary N) is 1. The molecule has 0 aliphatic carbocycles. The second-order valence-electron chi connectivity index (χ2n) is 5.39. The molecule has 4 heteroatoms. The largest absolute Gasteiger partial charge is 0.310 e. The second-order valence-corrected chi connectivity index (χ2v) is 6.25.